The Labute approximate surface area is 167 Å². The maximum Gasteiger partial charge on any atom is 0.350 e. The zero-order chi connectivity index (χ0) is 19.3. The number of ether oxygens (including phenoxy) is 1. The predicted molar refractivity (Wildman–Crippen MR) is 115 cm³/mol. The third-order valence-corrected chi connectivity index (χ3v) is 7.61. The number of carbonyl (C=O) groups is 1. The lowest BCUT2D eigenvalue weighted by molar-refractivity contribution is 0.0607. The molecule has 0 bridgehead atoms. The smallest absolute Gasteiger partial charge is 0.350 e. The van der Waals surface area contributed by atoms with Gasteiger partial charge in [-0.25, -0.2) is 4.79 Å². The van der Waals surface area contributed by atoms with Gasteiger partial charge < -0.3 is 15.4 Å². The van der Waals surface area contributed by atoms with Crippen molar-refractivity contribution in [2.24, 2.45) is 5.41 Å². The van der Waals surface area contributed by atoms with E-state index in [1.165, 1.54) is 49.7 Å². The molecule has 1 saturated carbocycles. The molecule has 0 radical (unpaired) electrons. The molecule has 2 N–H and O–H groups in total. The molecular formula is C22H34N2O2S. The molecule has 1 heterocycles. The number of allylic oxidation sites excluding steroid dienone is 2. The molecule has 0 aromatic carbocycles. The standard InChI is InChI=1S/C22H34N2O2S/c1-4-22(15-23-2)12-10-17(11-13-22)24-18-14-19(16-8-6-5-7-9-16)27-20(18)21(25)26-3/h8,14,17,23-24H,4-7,9-13,15H2,1-3H3. The van der Waals surface area contributed by atoms with Crippen molar-refractivity contribution >= 4 is 28.6 Å². The van der Waals surface area contributed by atoms with Crippen molar-refractivity contribution in [3.8, 4) is 0 Å². The number of rotatable bonds is 7. The molecule has 150 valence electrons. The second kappa shape index (κ2) is 9.24. The summed E-state index contributed by atoms with van der Waals surface area (Å²) < 4.78 is 5.05. The van der Waals surface area contributed by atoms with E-state index in [1.54, 1.807) is 11.3 Å². The Morgan fingerprint density at radius 1 is 1.33 bits per heavy atom. The van der Waals surface area contributed by atoms with Crippen molar-refractivity contribution in [2.75, 3.05) is 26.0 Å². The fraction of sp³-hybridized carbons (Fsp3) is 0.682. The van der Waals surface area contributed by atoms with Crippen LogP contribution in [-0.4, -0.2) is 32.7 Å². The summed E-state index contributed by atoms with van der Waals surface area (Å²) in [6, 6.07) is 2.62. The molecule has 1 aromatic rings. The van der Waals surface area contributed by atoms with E-state index in [9.17, 15) is 4.79 Å². The van der Waals surface area contributed by atoms with Crippen LogP contribution in [-0.2, 0) is 4.74 Å². The summed E-state index contributed by atoms with van der Waals surface area (Å²) in [5, 5.41) is 7.07. The van der Waals surface area contributed by atoms with E-state index in [0.717, 1.165) is 42.8 Å². The first-order valence-electron chi connectivity index (χ1n) is 10.4. The van der Waals surface area contributed by atoms with E-state index < -0.39 is 0 Å². The summed E-state index contributed by atoms with van der Waals surface area (Å²) in [4.78, 5) is 14.3. The molecule has 2 aliphatic carbocycles. The Morgan fingerprint density at radius 2 is 2.11 bits per heavy atom. The molecule has 2 aliphatic rings. The lowest BCUT2D eigenvalue weighted by Gasteiger charge is -2.40. The highest BCUT2D eigenvalue weighted by Gasteiger charge is 2.33. The molecule has 0 unspecified atom stereocenters. The monoisotopic (exact) mass is 390 g/mol. The fourth-order valence-corrected chi connectivity index (χ4v) is 5.70. The number of methoxy groups -OCH3 is 1. The minimum atomic E-state index is -0.223. The molecule has 0 saturated heterocycles. The van der Waals surface area contributed by atoms with Crippen LogP contribution in [0.25, 0.3) is 5.57 Å². The Hall–Kier alpha value is -1.33. The number of hydrogen-bond donors (Lipinski definition) is 2. The van der Waals surface area contributed by atoms with Crippen LogP contribution < -0.4 is 10.6 Å². The largest absolute Gasteiger partial charge is 0.465 e. The van der Waals surface area contributed by atoms with Crippen LogP contribution in [0, 0.1) is 5.41 Å². The van der Waals surface area contributed by atoms with Gasteiger partial charge in [0, 0.05) is 17.5 Å². The molecular weight excluding hydrogens is 356 g/mol. The first-order valence-corrected chi connectivity index (χ1v) is 11.2. The van der Waals surface area contributed by atoms with Gasteiger partial charge in [-0.05, 0) is 81.9 Å². The zero-order valence-electron chi connectivity index (χ0n) is 17.0. The Bertz CT molecular complexity index is 672. The van der Waals surface area contributed by atoms with Gasteiger partial charge in [0.2, 0.25) is 0 Å². The maximum absolute atomic E-state index is 12.3. The Morgan fingerprint density at radius 3 is 2.70 bits per heavy atom. The van der Waals surface area contributed by atoms with Crippen molar-refractivity contribution in [2.45, 2.75) is 70.8 Å². The number of hydrogen-bond acceptors (Lipinski definition) is 5. The van der Waals surface area contributed by atoms with Crippen molar-refractivity contribution < 1.29 is 9.53 Å². The van der Waals surface area contributed by atoms with Gasteiger partial charge in [-0.15, -0.1) is 11.3 Å². The van der Waals surface area contributed by atoms with Gasteiger partial charge in [-0.2, -0.15) is 0 Å². The van der Waals surface area contributed by atoms with E-state index in [2.05, 4.69) is 36.7 Å². The number of anilines is 1. The molecule has 0 atom stereocenters. The summed E-state index contributed by atoms with van der Waals surface area (Å²) in [6.45, 7) is 3.41. The average Bonchev–Trinajstić information content (AvgIpc) is 3.13. The minimum Gasteiger partial charge on any atom is -0.465 e. The Balaban J connectivity index is 1.73. The quantitative estimate of drug-likeness (QED) is 0.607. The van der Waals surface area contributed by atoms with Gasteiger partial charge in [0.15, 0.2) is 0 Å². The topological polar surface area (TPSA) is 50.4 Å². The molecule has 0 amide bonds. The van der Waals surface area contributed by atoms with Gasteiger partial charge in [-0.1, -0.05) is 13.0 Å². The zero-order valence-corrected chi connectivity index (χ0v) is 17.8. The molecule has 4 nitrogen and oxygen atoms in total. The van der Waals surface area contributed by atoms with E-state index >= 15 is 0 Å². The number of nitrogens with one attached hydrogen (secondary N) is 2. The average molecular weight is 391 g/mol. The van der Waals surface area contributed by atoms with Crippen LogP contribution in [0.4, 0.5) is 5.69 Å². The summed E-state index contributed by atoms with van der Waals surface area (Å²) in [5.41, 5.74) is 2.80. The summed E-state index contributed by atoms with van der Waals surface area (Å²) >= 11 is 1.58. The van der Waals surface area contributed by atoms with Gasteiger partial charge in [0.25, 0.3) is 0 Å². The summed E-state index contributed by atoms with van der Waals surface area (Å²) in [7, 11) is 3.52. The summed E-state index contributed by atoms with van der Waals surface area (Å²) in [5.74, 6) is -0.223. The highest BCUT2D eigenvalue weighted by molar-refractivity contribution is 7.15. The Kier molecular flexibility index (Phi) is 6.99. The van der Waals surface area contributed by atoms with Gasteiger partial charge in [0.05, 0.1) is 12.8 Å². The molecule has 27 heavy (non-hydrogen) atoms. The van der Waals surface area contributed by atoms with Crippen LogP contribution in [0.1, 0.15) is 79.3 Å². The molecule has 5 heteroatoms. The summed E-state index contributed by atoms with van der Waals surface area (Å²) in [6.07, 6.45) is 13.1. The first kappa shape index (κ1) is 20.4. The number of esters is 1. The first-order chi connectivity index (χ1) is 13.1. The number of carbonyl (C=O) groups excluding carboxylic acids is 1. The maximum atomic E-state index is 12.3. The number of thiophene rings is 1. The SMILES string of the molecule is CCC1(CNC)CCC(Nc2cc(C3=CCCCC3)sc2C(=O)OC)CC1. The molecule has 3 rings (SSSR count). The third-order valence-electron chi connectivity index (χ3n) is 6.42. The van der Waals surface area contributed by atoms with E-state index in [1.807, 2.05) is 0 Å². The van der Waals surface area contributed by atoms with Crippen molar-refractivity contribution in [1.29, 1.82) is 0 Å². The van der Waals surface area contributed by atoms with Crippen molar-refractivity contribution in [1.82, 2.24) is 5.32 Å². The van der Waals surface area contributed by atoms with Crippen LogP contribution >= 0.6 is 11.3 Å². The lowest BCUT2D eigenvalue weighted by atomic mass is 9.70. The normalized spacial score (nSPS) is 25.7. The van der Waals surface area contributed by atoms with Crippen LogP contribution in [0.15, 0.2) is 12.1 Å². The van der Waals surface area contributed by atoms with Crippen LogP contribution in [0.5, 0.6) is 0 Å². The molecule has 1 fully saturated rings. The third kappa shape index (κ3) is 4.75. The van der Waals surface area contributed by atoms with Crippen LogP contribution in [0.3, 0.4) is 0 Å². The fourth-order valence-electron chi connectivity index (χ4n) is 4.59. The van der Waals surface area contributed by atoms with Crippen LogP contribution in [0.2, 0.25) is 0 Å². The van der Waals surface area contributed by atoms with E-state index in [-0.39, 0.29) is 5.97 Å². The minimum absolute atomic E-state index is 0.223. The predicted octanol–water partition coefficient (Wildman–Crippen LogP) is 5.46. The second-order valence-corrected chi connectivity index (χ2v) is 9.17. The van der Waals surface area contributed by atoms with Crippen molar-refractivity contribution in [3.05, 3.63) is 21.9 Å². The van der Waals surface area contributed by atoms with Crippen molar-refractivity contribution in [3.63, 3.8) is 0 Å². The highest BCUT2D eigenvalue weighted by atomic mass is 32.1. The lowest BCUT2D eigenvalue weighted by Crippen LogP contribution is -2.39. The van der Waals surface area contributed by atoms with Gasteiger partial charge in [0.1, 0.15) is 4.88 Å². The molecule has 0 spiro atoms. The highest BCUT2D eigenvalue weighted by Crippen LogP contribution is 2.41. The second-order valence-electron chi connectivity index (χ2n) is 8.12. The van der Waals surface area contributed by atoms with E-state index in [0.29, 0.717) is 11.5 Å². The van der Waals surface area contributed by atoms with Gasteiger partial charge >= 0.3 is 5.97 Å². The molecule has 1 aromatic heterocycles. The molecule has 0 aliphatic heterocycles. The van der Waals surface area contributed by atoms with E-state index in [4.69, 9.17) is 4.74 Å². The van der Waals surface area contributed by atoms with Gasteiger partial charge in [-0.3, -0.25) is 0 Å².